The van der Waals surface area contributed by atoms with E-state index in [-0.39, 0.29) is 5.56 Å². The minimum Gasteiger partial charge on any atom is -0.282 e. The lowest BCUT2D eigenvalue weighted by molar-refractivity contribution is 0.846. The fourth-order valence-electron chi connectivity index (χ4n) is 2.67. The second-order valence-corrected chi connectivity index (χ2v) is 5.62. The molecule has 0 fully saturated rings. The fraction of sp³-hybridized carbons (Fsp3) is 0.222. The maximum Gasteiger partial charge on any atom is 0.263 e. The van der Waals surface area contributed by atoms with Crippen LogP contribution in [0.4, 0.5) is 0 Å². The van der Waals surface area contributed by atoms with Crippen molar-refractivity contribution < 1.29 is 0 Å². The van der Waals surface area contributed by atoms with E-state index in [9.17, 15) is 4.79 Å². The van der Waals surface area contributed by atoms with E-state index in [1.165, 1.54) is 5.56 Å². The summed E-state index contributed by atoms with van der Waals surface area (Å²) in [5.41, 5.74) is 3.06. The van der Waals surface area contributed by atoms with Gasteiger partial charge in [-0.3, -0.25) is 14.3 Å². The molecule has 0 aliphatic heterocycles. The molecule has 0 saturated heterocycles. The molecule has 0 spiro atoms. The summed E-state index contributed by atoms with van der Waals surface area (Å²) in [7, 11) is 0. The van der Waals surface area contributed by atoms with Gasteiger partial charge in [-0.1, -0.05) is 32.0 Å². The number of pyridine rings is 2. The molecule has 0 atom stereocenters. The van der Waals surface area contributed by atoms with Gasteiger partial charge in [0, 0.05) is 17.8 Å². The predicted molar refractivity (Wildman–Crippen MR) is 86.2 cm³/mol. The van der Waals surface area contributed by atoms with E-state index in [0.29, 0.717) is 5.92 Å². The summed E-state index contributed by atoms with van der Waals surface area (Å²) in [6.07, 6.45) is 5.45. The Balaban J connectivity index is 2.43. The first-order valence-electron chi connectivity index (χ1n) is 7.15. The van der Waals surface area contributed by atoms with Gasteiger partial charge in [-0.2, -0.15) is 0 Å². The Morgan fingerprint density at radius 3 is 2.48 bits per heavy atom. The second-order valence-electron chi connectivity index (χ2n) is 5.62. The van der Waals surface area contributed by atoms with E-state index in [1.54, 1.807) is 17.0 Å². The van der Waals surface area contributed by atoms with Crippen molar-refractivity contribution in [3.05, 3.63) is 70.4 Å². The van der Waals surface area contributed by atoms with Gasteiger partial charge in [0.1, 0.15) is 0 Å². The third-order valence-electron chi connectivity index (χ3n) is 3.85. The Hall–Kier alpha value is -2.42. The molecule has 0 unspecified atom stereocenters. The van der Waals surface area contributed by atoms with E-state index < -0.39 is 0 Å². The minimum absolute atomic E-state index is 0.00565. The van der Waals surface area contributed by atoms with E-state index in [4.69, 9.17) is 0 Å². The standard InChI is InChI=1S/C18H18N2O/c1-12(2)16-11-20(17-10-19-9-8-13(17)3)18(21)15-7-5-4-6-14(15)16/h4-12H,1-3H3. The molecule has 0 bridgehead atoms. The molecule has 0 saturated carbocycles. The van der Waals surface area contributed by atoms with Crippen LogP contribution >= 0.6 is 0 Å². The lowest BCUT2D eigenvalue weighted by atomic mass is 9.98. The maximum atomic E-state index is 12.8. The molecule has 0 amide bonds. The Kier molecular flexibility index (Phi) is 3.34. The quantitative estimate of drug-likeness (QED) is 0.714. The lowest BCUT2D eigenvalue weighted by Gasteiger charge is -2.15. The molecule has 0 aliphatic carbocycles. The molecule has 0 aliphatic rings. The number of nitrogens with zero attached hydrogens (tertiary/aromatic N) is 2. The first kappa shape index (κ1) is 13.6. The number of rotatable bonds is 2. The van der Waals surface area contributed by atoms with Gasteiger partial charge in [-0.15, -0.1) is 0 Å². The van der Waals surface area contributed by atoms with Crippen LogP contribution in [0.25, 0.3) is 16.5 Å². The van der Waals surface area contributed by atoms with Crippen molar-refractivity contribution >= 4 is 10.8 Å². The zero-order chi connectivity index (χ0) is 15.0. The van der Waals surface area contributed by atoms with E-state index in [1.807, 2.05) is 43.5 Å². The molecule has 21 heavy (non-hydrogen) atoms. The molecule has 3 nitrogen and oxygen atoms in total. The largest absolute Gasteiger partial charge is 0.282 e. The van der Waals surface area contributed by atoms with Gasteiger partial charge in [-0.25, -0.2) is 0 Å². The molecule has 2 heterocycles. The molecule has 2 aromatic heterocycles. The molecule has 1 aromatic carbocycles. The van der Waals surface area contributed by atoms with Crippen molar-refractivity contribution in [1.82, 2.24) is 9.55 Å². The highest BCUT2D eigenvalue weighted by Crippen LogP contribution is 2.24. The van der Waals surface area contributed by atoms with Crippen molar-refractivity contribution in [3.8, 4) is 5.69 Å². The van der Waals surface area contributed by atoms with Crippen LogP contribution in [0.15, 0.2) is 53.7 Å². The number of hydrogen-bond acceptors (Lipinski definition) is 2. The summed E-state index contributed by atoms with van der Waals surface area (Å²) in [5, 5.41) is 1.79. The van der Waals surface area contributed by atoms with Crippen LogP contribution in [-0.4, -0.2) is 9.55 Å². The van der Waals surface area contributed by atoms with Crippen LogP contribution < -0.4 is 5.56 Å². The molecule has 0 N–H and O–H groups in total. The van der Waals surface area contributed by atoms with Crippen molar-refractivity contribution in [3.63, 3.8) is 0 Å². The molecule has 106 valence electrons. The highest BCUT2D eigenvalue weighted by Gasteiger charge is 2.13. The lowest BCUT2D eigenvalue weighted by Crippen LogP contribution is -2.20. The SMILES string of the molecule is Cc1ccncc1-n1cc(C(C)C)c2ccccc2c1=O. The van der Waals surface area contributed by atoms with Crippen LogP contribution in [0, 0.1) is 6.92 Å². The first-order valence-corrected chi connectivity index (χ1v) is 7.15. The maximum absolute atomic E-state index is 12.8. The fourth-order valence-corrected chi connectivity index (χ4v) is 2.67. The number of benzene rings is 1. The number of aryl methyl sites for hydroxylation is 1. The number of fused-ring (bicyclic) bond motifs is 1. The Labute approximate surface area is 123 Å². The molecule has 0 radical (unpaired) electrons. The Morgan fingerprint density at radius 2 is 1.81 bits per heavy atom. The van der Waals surface area contributed by atoms with Gasteiger partial charge in [0.15, 0.2) is 0 Å². The predicted octanol–water partition coefficient (Wildman–Crippen LogP) is 3.82. The van der Waals surface area contributed by atoms with Gasteiger partial charge in [0.2, 0.25) is 0 Å². The molecular formula is C18H18N2O. The van der Waals surface area contributed by atoms with Crippen molar-refractivity contribution in [2.45, 2.75) is 26.7 Å². The smallest absolute Gasteiger partial charge is 0.263 e. The highest BCUT2D eigenvalue weighted by molar-refractivity contribution is 5.85. The molecule has 3 aromatic rings. The summed E-state index contributed by atoms with van der Waals surface area (Å²) in [4.78, 5) is 16.9. The molecule has 3 rings (SSSR count). The van der Waals surface area contributed by atoms with E-state index in [0.717, 1.165) is 22.0 Å². The van der Waals surface area contributed by atoms with E-state index in [2.05, 4.69) is 18.8 Å². The van der Waals surface area contributed by atoms with Crippen LogP contribution in [0.2, 0.25) is 0 Å². The third-order valence-corrected chi connectivity index (χ3v) is 3.85. The van der Waals surface area contributed by atoms with Crippen molar-refractivity contribution in [2.24, 2.45) is 0 Å². The monoisotopic (exact) mass is 278 g/mol. The van der Waals surface area contributed by atoms with Gasteiger partial charge in [0.25, 0.3) is 5.56 Å². The van der Waals surface area contributed by atoms with Crippen LogP contribution in [0.1, 0.15) is 30.9 Å². The number of hydrogen-bond donors (Lipinski definition) is 0. The topological polar surface area (TPSA) is 34.9 Å². The summed E-state index contributed by atoms with van der Waals surface area (Å²) in [6, 6.07) is 9.73. The number of aromatic nitrogens is 2. The van der Waals surface area contributed by atoms with Crippen LogP contribution in [0.3, 0.4) is 0 Å². The average molecular weight is 278 g/mol. The normalized spacial score (nSPS) is 11.2. The van der Waals surface area contributed by atoms with Gasteiger partial charge < -0.3 is 0 Å². The zero-order valence-electron chi connectivity index (χ0n) is 12.5. The van der Waals surface area contributed by atoms with Crippen molar-refractivity contribution in [1.29, 1.82) is 0 Å². The molecule has 3 heteroatoms. The van der Waals surface area contributed by atoms with E-state index >= 15 is 0 Å². The highest BCUT2D eigenvalue weighted by atomic mass is 16.1. The summed E-state index contributed by atoms with van der Waals surface area (Å²) in [5.74, 6) is 0.346. The summed E-state index contributed by atoms with van der Waals surface area (Å²) in [6.45, 7) is 6.28. The summed E-state index contributed by atoms with van der Waals surface area (Å²) >= 11 is 0. The average Bonchev–Trinajstić information content (AvgIpc) is 2.48. The van der Waals surface area contributed by atoms with Gasteiger partial charge in [0.05, 0.1) is 11.9 Å². The summed E-state index contributed by atoms with van der Waals surface area (Å²) < 4.78 is 1.72. The Morgan fingerprint density at radius 1 is 1.10 bits per heavy atom. The second kappa shape index (κ2) is 5.17. The van der Waals surface area contributed by atoms with Gasteiger partial charge in [-0.05, 0) is 41.5 Å². The van der Waals surface area contributed by atoms with Crippen molar-refractivity contribution in [2.75, 3.05) is 0 Å². The third kappa shape index (κ3) is 2.25. The van der Waals surface area contributed by atoms with Crippen LogP contribution in [0.5, 0.6) is 0 Å². The minimum atomic E-state index is 0.00565. The van der Waals surface area contributed by atoms with Gasteiger partial charge >= 0.3 is 0 Å². The van der Waals surface area contributed by atoms with Crippen LogP contribution in [-0.2, 0) is 0 Å². The zero-order valence-corrected chi connectivity index (χ0v) is 12.5. The molecular weight excluding hydrogens is 260 g/mol. The Bertz CT molecular complexity index is 862. The first-order chi connectivity index (χ1) is 10.1.